The first kappa shape index (κ1) is 28.9. The van der Waals surface area contributed by atoms with Gasteiger partial charge in [-0.3, -0.25) is 14.2 Å². The number of fused-ring (bicyclic) bond motifs is 2. The van der Waals surface area contributed by atoms with Crippen LogP contribution in [0.2, 0.25) is 0 Å². The summed E-state index contributed by atoms with van der Waals surface area (Å²) in [4.78, 5) is 33.6. The van der Waals surface area contributed by atoms with Gasteiger partial charge in [0, 0.05) is 22.9 Å². The monoisotopic (exact) mass is 605 g/mol. The van der Waals surface area contributed by atoms with Crippen molar-refractivity contribution >= 4 is 39.8 Å². The van der Waals surface area contributed by atoms with E-state index in [1.807, 2.05) is 85.8 Å². The van der Waals surface area contributed by atoms with E-state index < -0.39 is 6.04 Å². The summed E-state index contributed by atoms with van der Waals surface area (Å²) in [5.74, 6) is 1.40. The van der Waals surface area contributed by atoms with Crippen LogP contribution in [0.25, 0.3) is 16.8 Å². The molecule has 1 aliphatic heterocycles. The van der Waals surface area contributed by atoms with Crippen molar-refractivity contribution in [2.45, 2.75) is 19.9 Å². The van der Waals surface area contributed by atoms with Gasteiger partial charge in [-0.05, 0) is 61.0 Å². The zero-order valence-electron chi connectivity index (χ0n) is 24.8. The highest BCUT2D eigenvalue weighted by Gasteiger charge is 2.34. The van der Waals surface area contributed by atoms with Crippen LogP contribution < -0.4 is 34.4 Å². The summed E-state index contributed by atoms with van der Waals surface area (Å²) in [5, 5.41) is 4.98. The molecule has 1 N–H and O–H groups in total. The molecule has 0 aliphatic carbocycles. The summed E-state index contributed by atoms with van der Waals surface area (Å²) in [6.07, 6.45) is 1.86. The minimum Gasteiger partial charge on any atom is -0.497 e. The molecule has 222 valence electrons. The van der Waals surface area contributed by atoms with Crippen molar-refractivity contribution in [2.75, 3.05) is 26.1 Å². The van der Waals surface area contributed by atoms with Gasteiger partial charge in [-0.2, -0.15) is 0 Å². The van der Waals surface area contributed by atoms with E-state index in [9.17, 15) is 9.59 Å². The number of nitrogens with zero attached hydrogens (tertiary/aromatic N) is 2. The smallest absolute Gasteiger partial charge is 0.271 e. The normalized spacial score (nSPS) is 14.6. The molecule has 0 spiro atoms. The van der Waals surface area contributed by atoms with Gasteiger partial charge in [0.15, 0.2) is 4.80 Å². The number of carbonyl (C=O) groups is 1. The van der Waals surface area contributed by atoms with E-state index in [4.69, 9.17) is 19.2 Å². The number of nitrogens with one attached hydrogen (secondary N) is 1. The van der Waals surface area contributed by atoms with Crippen LogP contribution in [0.15, 0.2) is 106 Å². The van der Waals surface area contributed by atoms with Gasteiger partial charge >= 0.3 is 0 Å². The third-order valence-electron chi connectivity index (χ3n) is 7.54. The molecule has 9 heteroatoms. The predicted molar refractivity (Wildman–Crippen MR) is 174 cm³/mol. The fraction of sp³-hybridized carbons (Fsp3) is 0.171. The lowest BCUT2D eigenvalue weighted by atomic mass is 9.94. The van der Waals surface area contributed by atoms with Crippen molar-refractivity contribution in [3.05, 3.63) is 127 Å². The van der Waals surface area contributed by atoms with Crippen molar-refractivity contribution in [1.82, 2.24) is 4.57 Å². The molecule has 0 saturated carbocycles. The Labute approximate surface area is 258 Å². The first-order chi connectivity index (χ1) is 21.4. The molecule has 1 amide bonds. The molecule has 44 heavy (non-hydrogen) atoms. The molecule has 2 heterocycles. The number of ether oxygens (including phenoxy) is 3. The second-order valence-corrected chi connectivity index (χ2v) is 11.2. The third kappa shape index (κ3) is 5.26. The molecule has 0 unspecified atom stereocenters. The van der Waals surface area contributed by atoms with Crippen molar-refractivity contribution in [3.8, 4) is 17.2 Å². The number of benzene rings is 4. The van der Waals surface area contributed by atoms with Gasteiger partial charge in [0.2, 0.25) is 0 Å². The van der Waals surface area contributed by atoms with E-state index in [0.29, 0.717) is 55.7 Å². The maximum absolute atomic E-state index is 14.4. The number of hydrogen-bond acceptors (Lipinski definition) is 7. The van der Waals surface area contributed by atoms with Crippen molar-refractivity contribution < 1.29 is 19.0 Å². The number of methoxy groups -OCH3 is 2. The van der Waals surface area contributed by atoms with Crippen LogP contribution in [0, 0.1) is 0 Å². The predicted octanol–water partition coefficient (Wildman–Crippen LogP) is 5.44. The van der Waals surface area contributed by atoms with Crippen LogP contribution in [0.3, 0.4) is 0 Å². The Morgan fingerprint density at radius 2 is 1.75 bits per heavy atom. The van der Waals surface area contributed by atoms with Crippen LogP contribution in [0.1, 0.15) is 31.0 Å². The summed E-state index contributed by atoms with van der Waals surface area (Å²) >= 11 is 1.27. The Morgan fingerprint density at radius 1 is 0.977 bits per heavy atom. The number of amides is 1. The van der Waals surface area contributed by atoms with Crippen LogP contribution in [0.4, 0.5) is 5.69 Å². The highest BCUT2D eigenvalue weighted by molar-refractivity contribution is 7.07. The molecule has 4 aromatic carbocycles. The Bertz CT molecular complexity index is 2100. The average molecular weight is 606 g/mol. The summed E-state index contributed by atoms with van der Waals surface area (Å²) in [5.41, 5.74) is 2.66. The molecular formula is C35H31N3O5S. The lowest BCUT2D eigenvalue weighted by molar-refractivity contribution is -0.113. The Balaban J connectivity index is 1.59. The largest absolute Gasteiger partial charge is 0.497 e. The van der Waals surface area contributed by atoms with E-state index in [1.165, 1.54) is 11.3 Å². The molecule has 0 saturated heterocycles. The van der Waals surface area contributed by atoms with Gasteiger partial charge in [-0.25, -0.2) is 4.99 Å². The Morgan fingerprint density at radius 3 is 2.50 bits per heavy atom. The summed E-state index contributed by atoms with van der Waals surface area (Å²) in [6.45, 7) is 4.20. The van der Waals surface area contributed by atoms with Gasteiger partial charge < -0.3 is 19.5 Å². The minimum atomic E-state index is -0.808. The number of rotatable bonds is 8. The van der Waals surface area contributed by atoms with Crippen LogP contribution in [0.5, 0.6) is 17.2 Å². The van der Waals surface area contributed by atoms with Crippen molar-refractivity contribution in [2.24, 2.45) is 4.99 Å². The lowest BCUT2D eigenvalue weighted by Crippen LogP contribution is -2.40. The van der Waals surface area contributed by atoms with Crippen molar-refractivity contribution in [1.29, 1.82) is 0 Å². The molecule has 1 atom stereocenters. The molecule has 0 fully saturated rings. The van der Waals surface area contributed by atoms with E-state index in [0.717, 1.165) is 16.3 Å². The van der Waals surface area contributed by atoms with Gasteiger partial charge in [0.05, 0.1) is 36.6 Å². The summed E-state index contributed by atoms with van der Waals surface area (Å²) < 4.78 is 19.2. The maximum Gasteiger partial charge on any atom is 0.271 e. The molecule has 0 bridgehead atoms. The number of anilines is 1. The number of hydrogen-bond donors (Lipinski definition) is 1. The van der Waals surface area contributed by atoms with E-state index in [-0.39, 0.29) is 11.5 Å². The molecule has 8 nitrogen and oxygen atoms in total. The van der Waals surface area contributed by atoms with E-state index >= 15 is 0 Å². The first-order valence-corrected chi connectivity index (χ1v) is 15.0. The summed E-state index contributed by atoms with van der Waals surface area (Å²) in [6, 6.07) is 25.7. The third-order valence-corrected chi connectivity index (χ3v) is 8.52. The van der Waals surface area contributed by atoms with Crippen LogP contribution >= 0.6 is 11.3 Å². The molecule has 1 aliphatic rings. The number of aromatic nitrogens is 1. The molecule has 1 aromatic heterocycles. The molecule has 6 rings (SSSR count). The number of carbonyl (C=O) groups excluding carboxylic acids is 1. The Kier molecular flexibility index (Phi) is 8.04. The SMILES string of the molecule is CCOc1ccc2ccccc2c1/C=c1\sc2n(c1=O)[C@H](c1ccc(OC)cc1OC)C(C(=O)Nc1ccccc1)=C(C)N=2. The maximum atomic E-state index is 14.4. The standard InChI is InChI=1S/C35H31N3O5S/c1-5-43-28-18-15-22-11-9-10-14-25(22)27(28)20-30-34(40)38-32(26-17-16-24(41-3)19-29(26)42-4)31(21(2)36-35(38)44-30)33(39)37-23-12-7-6-8-13-23/h6-20,32H,5H2,1-4H3,(H,37,39)/b30-20-/t32-/m1/s1. The Hall–Kier alpha value is -5.15. The zero-order valence-corrected chi connectivity index (χ0v) is 25.6. The second-order valence-electron chi connectivity index (χ2n) is 10.1. The van der Waals surface area contributed by atoms with Gasteiger partial charge in [-0.15, -0.1) is 0 Å². The van der Waals surface area contributed by atoms with E-state index in [2.05, 4.69) is 5.32 Å². The second kappa shape index (κ2) is 12.2. The average Bonchev–Trinajstić information content (AvgIpc) is 3.35. The van der Waals surface area contributed by atoms with Crippen LogP contribution in [-0.4, -0.2) is 31.3 Å². The number of para-hydroxylation sites is 1. The molecular weight excluding hydrogens is 574 g/mol. The first-order valence-electron chi connectivity index (χ1n) is 14.2. The zero-order chi connectivity index (χ0) is 30.8. The quantitative estimate of drug-likeness (QED) is 0.254. The molecule has 5 aromatic rings. The highest BCUT2D eigenvalue weighted by Crippen LogP contribution is 2.38. The number of thiazole rings is 1. The topological polar surface area (TPSA) is 91.1 Å². The number of allylic oxidation sites excluding steroid dienone is 1. The molecule has 0 radical (unpaired) electrons. The van der Waals surface area contributed by atoms with Gasteiger partial charge in [0.1, 0.15) is 23.3 Å². The highest BCUT2D eigenvalue weighted by atomic mass is 32.1. The van der Waals surface area contributed by atoms with Crippen LogP contribution in [-0.2, 0) is 4.79 Å². The fourth-order valence-electron chi connectivity index (χ4n) is 5.51. The van der Waals surface area contributed by atoms with Gasteiger partial charge in [-0.1, -0.05) is 59.9 Å². The summed E-state index contributed by atoms with van der Waals surface area (Å²) in [7, 11) is 3.13. The lowest BCUT2D eigenvalue weighted by Gasteiger charge is -2.26. The van der Waals surface area contributed by atoms with Gasteiger partial charge in [0.25, 0.3) is 11.5 Å². The minimum absolute atomic E-state index is 0.274. The van der Waals surface area contributed by atoms with Crippen molar-refractivity contribution in [3.63, 3.8) is 0 Å². The fourth-order valence-corrected chi connectivity index (χ4v) is 6.54. The van der Waals surface area contributed by atoms with E-state index in [1.54, 1.807) is 37.8 Å².